The van der Waals surface area contributed by atoms with Crippen molar-refractivity contribution in [3.63, 3.8) is 0 Å². The Labute approximate surface area is 145 Å². The van der Waals surface area contributed by atoms with Crippen molar-refractivity contribution in [3.8, 4) is 0 Å². The number of thiophene rings is 1. The summed E-state index contributed by atoms with van der Waals surface area (Å²) in [6, 6.07) is 9.53. The zero-order valence-corrected chi connectivity index (χ0v) is 14.4. The normalized spacial score (nSPS) is 12.5. The molecule has 0 aliphatic heterocycles. The van der Waals surface area contributed by atoms with Crippen LogP contribution in [-0.2, 0) is 22.4 Å². The van der Waals surface area contributed by atoms with E-state index in [1.54, 1.807) is 6.92 Å². The fraction of sp³-hybridized carbons (Fsp3) is 0.333. The number of fused-ring (bicyclic) bond motifs is 1. The van der Waals surface area contributed by atoms with Crippen LogP contribution < -0.4 is 10.6 Å². The second-order valence-electron chi connectivity index (χ2n) is 5.55. The molecule has 0 spiro atoms. The molecule has 1 aromatic heterocycles. The quantitative estimate of drug-likeness (QED) is 0.788. The highest BCUT2D eigenvalue weighted by Gasteiger charge is 2.28. The lowest BCUT2D eigenvalue weighted by Gasteiger charge is -2.09. The molecule has 0 saturated heterocycles. The van der Waals surface area contributed by atoms with Crippen LogP contribution in [0.5, 0.6) is 0 Å². The molecule has 1 amide bonds. The average molecular weight is 344 g/mol. The highest BCUT2D eigenvalue weighted by Crippen LogP contribution is 2.39. The van der Waals surface area contributed by atoms with Gasteiger partial charge < -0.3 is 15.4 Å². The molecule has 5 nitrogen and oxygen atoms in total. The van der Waals surface area contributed by atoms with E-state index in [-0.39, 0.29) is 18.4 Å². The lowest BCUT2D eigenvalue weighted by molar-refractivity contribution is -0.114. The van der Waals surface area contributed by atoms with Crippen LogP contribution in [0.1, 0.15) is 34.1 Å². The molecule has 0 fully saturated rings. The van der Waals surface area contributed by atoms with E-state index in [1.165, 1.54) is 16.2 Å². The maximum atomic E-state index is 12.3. The molecule has 2 aromatic rings. The molecule has 0 unspecified atom stereocenters. The largest absolute Gasteiger partial charge is 0.462 e. The number of hydrogen-bond acceptors (Lipinski definition) is 5. The Hall–Kier alpha value is -2.34. The Balaban J connectivity index is 1.70. The molecular weight excluding hydrogens is 324 g/mol. The number of para-hydroxylation sites is 1. The molecule has 3 rings (SSSR count). The van der Waals surface area contributed by atoms with E-state index >= 15 is 0 Å². The van der Waals surface area contributed by atoms with E-state index in [1.807, 2.05) is 30.3 Å². The Kier molecular flexibility index (Phi) is 5.15. The fourth-order valence-electron chi connectivity index (χ4n) is 2.82. The van der Waals surface area contributed by atoms with Crippen LogP contribution in [0.3, 0.4) is 0 Å². The first-order chi connectivity index (χ1) is 11.7. The average Bonchev–Trinajstić information content (AvgIpc) is 3.14. The molecule has 6 heteroatoms. The van der Waals surface area contributed by atoms with Crippen LogP contribution in [0.25, 0.3) is 0 Å². The molecule has 1 aliphatic rings. The molecule has 1 heterocycles. The van der Waals surface area contributed by atoms with E-state index in [9.17, 15) is 9.59 Å². The van der Waals surface area contributed by atoms with E-state index in [2.05, 4.69) is 10.6 Å². The maximum Gasteiger partial charge on any atom is 0.341 e. The summed E-state index contributed by atoms with van der Waals surface area (Å²) in [4.78, 5) is 25.7. The van der Waals surface area contributed by atoms with Gasteiger partial charge in [0.2, 0.25) is 5.91 Å². The maximum absolute atomic E-state index is 12.3. The zero-order chi connectivity index (χ0) is 16.9. The number of esters is 1. The fourth-order valence-corrected chi connectivity index (χ4v) is 4.11. The van der Waals surface area contributed by atoms with E-state index in [0.717, 1.165) is 30.5 Å². The van der Waals surface area contributed by atoms with Crippen LogP contribution in [0.15, 0.2) is 30.3 Å². The number of nitrogens with one attached hydrogen (secondary N) is 2. The van der Waals surface area contributed by atoms with Gasteiger partial charge in [-0.05, 0) is 43.9 Å². The van der Waals surface area contributed by atoms with Crippen LogP contribution in [-0.4, -0.2) is 25.0 Å². The number of hydrogen-bond donors (Lipinski definition) is 2. The summed E-state index contributed by atoms with van der Waals surface area (Å²) >= 11 is 1.49. The van der Waals surface area contributed by atoms with E-state index < -0.39 is 0 Å². The van der Waals surface area contributed by atoms with Crippen molar-refractivity contribution in [2.45, 2.75) is 26.2 Å². The number of amides is 1. The second-order valence-corrected chi connectivity index (χ2v) is 6.65. The van der Waals surface area contributed by atoms with Gasteiger partial charge in [0.05, 0.1) is 18.7 Å². The number of benzene rings is 1. The lowest BCUT2D eigenvalue weighted by atomic mass is 10.1. The van der Waals surface area contributed by atoms with Gasteiger partial charge in [0.1, 0.15) is 5.00 Å². The van der Waals surface area contributed by atoms with Gasteiger partial charge in [-0.3, -0.25) is 4.79 Å². The third kappa shape index (κ3) is 3.59. The molecule has 126 valence electrons. The Bertz CT molecular complexity index is 740. The van der Waals surface area contributed by atoms with Crippen LogP contribution in [0.2, 0.25) is 0 Å². The summed E-state index contributed by atoms with van der Waals surface area (Å²) in [5.41, 5.74) is 2.47. The van der Waals surface area contributed by atoms with Gasteiger partial charge in [0.25, 0.3) is 0 Å². The second kappa shape index (κ2) is 7.49. The van der Waals surface area contributed by atoms with Crippen molar-refractivity contribution >= 4 is 33.9 Å². The predicted molar refractivity (Wildman–Crippen MR) is 95.9 cm³/mol. The Morgan fingerprint density at radius 2 is 2.00 bits per heavy atom. The van der Waals surface area contributed by atoms with Crippen molar-refractivity contribution in [3.05, 3.63) is 46.3 Å². The number of aryl methyl sites for hydroxylation is 1. The highest BCUT2D eigenvalue weighted by molar-refractivity contribution is 7.17. The van der Waals surface area contributed by atoms with Gasteiger partial charge >= 0.3 is 5.97 Å². The molecular formula is C18H20N2O3S. The monoisotopic (exact) mass is 344 g/mol. The van der Waals surface area contributed by atoms with Gasteiger partial charge in [0.15, 0.2) is 0 Å². The molecule has 1 aromatic carbocycles. The van der Waals surface area contributed by atoms with Crippen LogP contribution in [0.4, 0.5) is 10.7 Å². The smallest absolute Gasteiger partial charge is 0.341 e. The predicted octanol–water partition coefficient (Wildman–Crippen LogP) is 3.46. The summed E-state index contributed by atoms with van der Waals surface area (Å²) in [6.45, 7) is 2.26. The van der Waals surface area contributed by atoms with Gasteiger partial charge in [-0.15, -0.1) is 11.3 Å². The first kappa shape index (κ1) is 16.5. The minimum Gasteiger partial charge on any atom is -0.462 e. The third-order valence-electron chi connectivity index (χ3n) is 3.88. The summed E-state index contributed by atoms with van der Waals surface area (Å²) in [7, 11) is 0. The van der Waals surface area contributed by atoms with Crippen molar-refractivity contribution in [2.24, 2.45) is 0 Å². The first-order valence-corrected chi connectivity index (χ1v) is 8.91. The molecule has 1 aliphatic carbocycles. The van der Waals surface area contributed by atoms with E-state index in [0.29, 0.717) is 17.2 Å². The van der Waals surface area contributed by atoms with E-state index in [4.69, 9.17) is 4.74 Å². The number of anilines is 2. The number of rotatable bonds is 6. The van der Waals surface area contributed by atoms with Gasteiger partial charge in [-0.25, -0.2) is 4.79 Å². The molecule has 0 radical (unpaired) electrons. The molecule has 24 heavy (non-hydrogen) atoms. The minimum atomic E-state index is -0.344. The van der Waals surface area contributed by atoms with Gasteiger partial charge in [-0.2, -0.15) is 0 Å². The van der Waals surface area contributed by atoms with Crippen molar-refractivity contribution in [1.29, 1.82) is 0 Å². The van der Waals surface area contributed by atoms with Crippen LogP contribution >= 0.6 is 11.3 Å². The standard InChI is InChI=1S/C18H20N2O3S/c1-2-23-18(22)16-13-9-6-10-14(13)24-17(16)20-15(21)11-19-12-7-4-3-5-8-12/h3-5,7-8,19H,2,6,9-11H2,1H3,(H,20,21). The number of carbonyl (C=O) groups is 2. The lowest BCUT2D eigenvalue weighted by Crippen LogP contribution is -2.22. The topological polar surface area (TPSA) is 67.4 Å². The summed E-state index contributed by atoms with van der Waals surface area (Å²) in [5, 5.41) is 6.54. The first-order valence-electron chi connectivity index (χ1n) is 8.09. The number of carbonyl (C=O) groups excluding carboxylic acids is 2. The zero-order valence-electron chi connectivity index (χ0n) is 13.6. The Morgan fingerprint density at radius 3 is 2.75 bits per heavy atom. The third-order valence-corrected chi connectivity index (χ3v) is 5.09. The highest BCUT2D eigenvalue weighted by atomic mass is 32.1. The SMILES string of the molecule is CCOC(=O)c1c(NC(=O)CNc2ccccc2)sc2c1CCC2. The van der Waals surface area contributed by atoms with Crippen molar-refractivity contribution < 1.29 is 14.3 Å². The van der Waals surface area contributed by atoms with Gasteiger partial charge in [-0.1, -0.05) is 18.2 Å². The molecule has 0 bridgehead atoms. The summed E-state index contributed by atoms with van der Waals surface area (Å²) < 4.78 is 5.16. The molecule has 0 atom stereocenters. The molecule has 0 saturated carbocycles. The molecule has 2 N–H and O–H groups in total. The minimum absolute atomic E-state index is 0.148. The van der Waals surface area contributed by atoms with Crippen molar-refractivity contribution in [2.75, 3.05) is 23.8 Å². The van der Waals surface area contributed by atoms with Gasteiger partial charge in [0, 0.05) is 10.6 Å². The Morgan fingerprint density at radius 1 is 1.21 bits per heavy atom. The summed E-state index contributed by atoms with van der Waals surface area (Å²) in [6.07, 6.45) is 2.89. The summed E-state index contributed by atoms with van der Waals surface area (Å²) in [5.74, 6) is -0.521. The van der Waals surface area contributed by atoms with Crippen LogP contribution in [0, 0.1) is 0 Å². The number of ether oxygens (including phenoxy) is 1. The van der Waals surface area contributed by atoms with Crippen molar-refractivity contribution in [1.82, 2.24) is 0 Å².